The Bertz CT molecular complexity index is 136. The lowest BCUT2D eigenvalue weighted by Crippen LogP contribution is -2.41. The zero-order chi connectivity index (χ0) is 11.0. The van der Waals surface area contributed by atoms with Gasteiger partial charge in [0.15, 0.2) is 0 Å². The van der Waals surface area contributed by atoms with Crippen molar-refractivity contribution >= 4 is 0 Å². The van der Waals surface area contributed by atoms with Crippen molar-refractivity contribution in [2.45, 2.75) is 40.5 Å². The summed E-state index contributed by atoms with van der Waals surface area (Å²) in [5.74, 6) is 0. The SMILES string of the molecule is CCCN(CC)CC(C)(CC)CNC. The standard InChI is InChI=1S/C12H28N2/c1-6-9-14(8-3)11-12(4,7-2)10-13-5/h13H,6-11H2,1-5H3. The molecular weight excluding hydrogens is 172 g/mol. The minimum Gasteiger partial charge on any atom is -0.319 e. The summed E-state index contributed by atoms with van der Waals surface area (Å²) in [6.45, 7) is 13.9. The molecule has 0 aliphatic rings. The minimum atomic E-state index is 0.430. The zero-order valence-electron chi connectivity index (χ0n) is 10.7. The molecule has 0 saturated carbocycles. The molecule has 2 heteroatoms. The molecule has 0 amide bonds. The Morgan fingerprint density at radius 1 is 1.21 bits per heavy atom. The molecular formula is C12H28N2. The van der Waals surface area contributed by atoms with Crippen molar-refractivity contribution in [2.24, 2.45) is 5.41 Å². The van der Waals surface area contributed by atoms with Crippen LogP contribution in [0, 0.1) is 5.41 Å². The summed E-state index contributed by atoms with van der Waals surface area (Å²) in [6.07, 6.45) is 2.50. The number of hydrogen-bond donors (Lipinski definition) is 1. The van der Waals surface area contributed by atoms with Crippen molar-refractivity contribution in [1.82, 2.24) is 10.2 Å². The van der Waals surface area contributed by atoms with Crippen molar-refractivity contribution in [3.05, 3.63) is 0 Å². The fourth-order valence-corrected chi connectivity index (χ4v) is 1.92. The van der Waals surface area contributed by atoms with Crippen LogP contribution in [-0.4, -0.2) is 38.1 Å². The molecule has 0 rings (SSSR count). The second-order valence-electron chi connectivity index (χ2n) is 4.56. The molecule has 0 aromatic heterocycles. The number of nitrogens with one attached hydrogen (secondary N) is 1. The van der Waals surface area contributed by atoms with Crippen LogP contribution < -0.4 is 5.32 Å². The van der Waals surface area contributed by atoms with E-state index in [4.69, 9.17) is 0 Å². The first kappa shape index (κ1) is 13.9. The first-order valence-corrected chi connectivity index (χ1v) is 5.98. The molecule has 0 radical (unpaired) electrons. The van der Waals surface area contributed by atoms with Crippen LogP contribution in [0.2, 0.25) is 0 Å². The summed E-state index contributed by atoms with van der Waals surface area (Å²) in [5.41, 5.74) is 0.430. The molecule has 0 aliphatic heterocycles. The van der Waals surface area contributed by atoms with Gasteiger partial charge in [0.2, 0.25) is 0 Å². The van der Waals surface area contributed by atoms with Gasteiger partial charge in [-0.05, 0) is 38.4 Å². The van der Waals surface area contributed by atoms with E-state index >= 15 is 0 Å². The average molecular weight is 200 g/mol. The summed E-state index contributed by atoms with van der Waals surface area (Å²) >= 11 is 0. The third kappa shape index (κ3) is 4.97. The Balaban J connectivity index is 4.11. The Labute approximate surface area is 90.1 Å². The predicted octanol–water partition coefficient (Wildman–Crippen LogP) is 2.35. The number of rotatable bonds is 8. The smallest absolute Gasteiger partial charge is 0.00473 e. The molecule has 1 atom stereocenters. The highest BCUT2D eigenvalue weighted by molar-refractivity contribution is 4.78. The molecule has 0 saturated heterocycles. The number of hydrogen-bond acceptors (Lipinski definition) is 2. The van der Waals surface area contributed by atoms with Gasteiger partial charge in [-0.3, -0.25) is 0 Å². The van der Waals surface area contributed by atoms with Crippen molar-refractivity contribution in [3.8, 4) is 0 Å². The maximum atomic E-state index is 3.30. The van der Waals surface area contributed by atoms with Crippen LogP contribution in [-0.2, 0) is 0 Å². The molecule has 0 aromatic carbocycles. The molecule has 2 nitrogen and oxygen atoms in total. The minimum absolute atomic E-state index is 0.430. The summed E-state index contributed by atoms with van der Waals surface area (Å²) in [6, 6.07) is 0. The molecule has 0 aromatic rings. The van der Waals surface area contributed by atoms with Crippen molar-refractivity contribution < 1.29 is 0 Å². The highest BCUT2D eigenvalue weighted by Gasteiger charge is 2.23. The Hall–Kier alpha value is -0.0800. The lowest BCUT2D eigenvalue weighted by atomic mass is 9.86. The van der Waals surface area contributed by atoms with Gasteiger partial charge in [-0.2, -0.15) is 0 Å². The third-order valence-electron chi connectivity index (χ3n) is 3.05. The highest BCUT2D eigenvalue weighted by Crippen LogP contribution is 2.21. The van der Waals surface area contributed by atoms with E-state index in [0.717, 1.165) is 6.54 Å². The Morgan fingerprint density at radius 2 is 1.86 bits per heavy atom. The molecule has 1 N–H and O–H groups in total. The van der Waals surface area contributed by atoms with E-state index in [1.165, 1.54) is 32.5 Å². The molecule has 0 bridgehead atoms. The van der Waals surface area contributed by atoms with Crippen LogP contribution in [0.25, 0.3) is 0 Å². The van der Waals surface area contributed by atoms with Gasteiger partial charge < -0.3 is 10.2 Å². The molecule has 0 heterocycles. The second kappa shape index (κ2) is 7.24. The van der Waals surface area contributed by atoms with Crippen LogP contribution in [0.3, 0.4) is 0 Å². The van der Waals surface area contributed by atoms with Gasteiger partial charge in [-0.1, -0.05) is 27.7 Å². The summed E-state index contributed by atoms with van der Waals surface area (Å²) < 4.78 is 0. The van der Waals surface area contributed by atoms with Gasteiger partial charge in [0.05, 0.1) is 0 Å². The van der Waals surface area contributed by atoms with E-state index in [0.29, 0.717) is 5.41 Å². The van der Waals surface area contributed by atoms with Gasteiger partial charge in [0.1, 0.15) is 0 Å². The van der Waals surface area contributed by atoms with Crippen LogP contribution in [0.1, 0.15) is 40.5 Å². The monoisotopic (exact) mass is 200 g/mol. The highest BCUT2D eigenvalue weighted by atomic mass is 15.1. The van der Waals surface area contributed by atoms with E-state index in [-0.39, 0.29) is 0 Å². The van der Waals surface area contributed by atoms with Gasteiger partial charge in [-0.15, -0.1) is 0 Å². The van der Waals surface area contributed by atoms with E-state index in [9.17, 15) is 0 Å². The molecule has 1 unspecified atom stereocenters. The first-order chi connectivity index (χ1) is 6.61. The maximum absolute atomic E-state index is 3.30. The third-order valence-corrected chi connectivity index (χ3v) is 3.05. The summed E-state index contributed by atoms with van der Waals surface area (Å²) in [5, 5.41) is 3.30. The molecule has 0 spiro atoms. The van der Waals surface area contributed by atoms with Crippen LogP contribution in [0.4, 0.5) is 0 Å². The Morgan fingerprint density at radius 3 is 2.21 bits per heavy atom. The fraction of sp³-hybridized carbons (Fsp3) is 1.00. The summed E-state index contributed by atoms with van der Waals surface area (Å²) in [7, 11) is 2.05. The van der Waals surface area contributed by atoms with E-state index in [1.54, 1.807) is 0 Å². The number of nitrogens with zero attached hydrogens (tertiary/aromatic N) is 1. The summed E-state index contributed by atoms with van der Waals surface area (Å²) in [4.78, 5) is 2.56. The van der Waals surface area contributed by atoms with Crippen LogP contribution >= 0.6 is 0 Å². The largest absolute Gasteiger partial charge is 0.319 e. The quantitative estimate of drug-likeness (QED) is 0.647. The van der Waals surface area contributed by atoms with E-state index < -0.39 is 0 Å². The Kier molecular flexibility index (Phi) is 7.20. The zero-order valence-corrected chi connectivity index (χ0v) is 10.7. The molecule has 0 fully saturated rings. The lowest BCUT2D eigenvalue weighted by molar-refractivity contribution is 0.163. The van der Waals surface area contributed by atoms with Crippen molar-refractivity contribution in [3.63, 3.8) is 0 Å². The second-order valence-corrected chi connectivity index (χ2v) is 4.56. The van der Waals surface area contributed by atoms with Crippen molar-refractivity contribution in [1.29, 1.82) is 0 Å². The topological polar surface area (TPSA) is 15.3 Å². The van der Waals surface area contributed by atoms with Gasteiger partial charge in [-0.25, -0.2) is 0 Å². The molecule has 86 valence electrons. The lowest BCUT2D eigenvalue weighted by Gasteiger charge is -2.34. The predicted molar refractivity (Wildman–Crippen MR) is 64.7 cm³/mol. The fourth-order valence-electron chi connectivity index (χ4n) is 1.92. The van der Waals surface area contributed by atoms with Crippen LogP contribution in [0.5, 0.6) is 0 Å². The van der Waals surface area contributed by atoms with Gasteiger partial charge in [0.25, 0.3) is 0 Å². The van der Waals surface area contributed by atoms with E-state index in [2.05, 4.69) is 37.9 Å². The normalized spacial score (nSPS) is 15.9. The van der Waals surface area contributed by atoms with Crippen molar-refractivity contribution in [2.75, 3.05) is 33.2 Å². The van der Waals surface area contributed by atoms with Crippen LogP contribution in [0.15, 0.2) is 0 Å². The van der Waals surface area contributed by atoms with E-state index in [1.807, 2.05) is 7.05 Å². The molecule has 0 aliphatic carbocycles. The first-order valence-electron chi connectivity index (χ1n) is 5.98. The average Bonchev–Trinajstić information content (AvgIpc) is 2.17. The maximum Gasteiger partial charge on any atom is 0.00473 e. The van der Waals surface area contributed by atoms with Gasteiger partial charge >= 0.3 is 0 Å². The van der Waals surface area contributed by atoms with Gasteiger partial charge in [0, 0.05) is 13.1 Å². The molecule has 14 heavy (non-hydrogen) atoms.